The predicted molar refractivity (Wildman–Crippen MR) is 290 cm³/mol. The lowest BCUT2D eigenvalue weighted by Gasteiger charge is -2.42. The van der Waals surface area contributed by atoms with Gasteiger partial charge >= 0.3 is 0 Å². The zero-order valence-electron chi connectivity index (χ0n) is 47.9. The van der Waals surface area contributed by atoms with E-state index < -0.39 is 134 Å². The number of carbonyl (C=O) groups excluding carboxylic acids is 9. The van der Waals surface area contributed by atoms with Crippen LogP contribution in [0.25, 0.3) is 0 Å². The van der Waals surface area contributed by atoms with Crippen molar-refractivity contribution in [2.75, 3.05) is 39.5 Å². The van der Waals surface area contributed by atoms with Gasteiger partial charge in [0.25, 0.3) is 0 Å². The van der Waals surface area contributed by atoms with Gasteiger partial charge in [-0.15, -0.1) is 10.2 Å². The Morgan fingerprint density at radius 2 is 0.976 bits per heavy atom. The molecule has 0 aromatic carbocycles. The molecule has 2 aromatic rings. The van der Waals surface area contributed by atoms with Crippen LogP contribution in [0.4, 0.5) is 0 Å². The topological polar surface area (TPSA) is 508 Å². The van der Waals surface area contributed by atoms with Gasteiger partial charge in [-0.05, 0) is 38.5 Å². The Morgan fingerprint density at radius 1 is 0.553 bits per heavy atom. The molecule has 2 aromatic heterocycles. The first kappa shape index (κ1) is 70.6. The molecule has 85 heavy (non-hydrogen) atoms. The highest BCUT2D eigenvalue weighted by Gasteiger charge is 2.46. The van der Waals surface area contributed by atoms with Crippen LogP contribution < -0.4 is 53.8 Å². The molecule has 4 heterocycles. The van der Waals surface area contributed by atoms with Gasteiger partial charge in [0, 0.05) is 59.5 Å². The molecule has 4 rings (SSSR count). The molecule has 0 saturated carbocycles. The summed E-state index contributed by atoms with van der Waals surface area (Å²) in [6.07, 6.45) is -4.70. The predicted octanol–water partition coefficient (Wildman–Crippen LogP) is -7.38. The van der Waals surface area contributed by atoms with Crippen LogP contribution >= 0.6 is 0 Å². The molecule has 35 nitrogen and oxygen atoms in total. The van der Waals surface area contributed by atoms with Crippen LogP contribution in [0, 0.1) is 0 Å². The maximum absolute atomic E-state index is 13.3. The number of unbranched alkanes of at least 4 members (excludes halogenated alkanes) is 4. The van der Waals surface area contributed by atoms with Gasteiger partial charge in [-0.25, -0.2) is 15.2 Å². The Morgan fingerprint density at radius 3 is 1.38 bits per heavy atom. The van der Waals surface area contributed by atoms with E-state index in [4.69, 9.17) is 24.8 Å². The largest absolute Gasteiger partial charge is 0.394 e. The maximum atomic E-state index is 13.3. The van der Waals surface area contributed by atoms with Crippen molar-refractivity contribution in [2.24, 2.45) is 5.84 Å². The van der Waals surface area contributed by atoms with Crippen molar-refractivity contribution < 1.29 is 92.7 Å². The number of aromatic nitrogens is 6. The van der Waals surface area contributed by atoms with E-state index in [0.717, 1.165) is 0 Å². The lowest BCUT2D eigenvalue weighted by atomic mass is 9.97. The Kier molecular flexibility index (Phi) is 31.1. The summed E-state index contributed by atoms with van der Waals surface area (Å²) in [5, 5.41) is 97.6. The molecular formula is C50H84N16O19. The first-order valence-corrected chi connectivity index (χ1v) is 28.1. The highest BCUT2D eigenvalue weighted by Crippen LogP contribution is 2.24. The summed E-state index contributed by atoms with van der Waals surface area (Å²) in [6.45, 7) is 2.99. The Labute approximate surface area is 489 Å². The Balaban J connectivity index is 1.16. The van der Waals surface area contributed by atoms with Gasteiger partial charge in [0.1, 0.15) is 72.2 Å². The van der Waals surface area contributed by atoms with Crippen molar-refractivity contribution >= 4 is 53.2 Å². The normalized spacial score (nSPS) is 22.7. The number of amides is 9. The number of carbonyl (C=O) groups is 9. The standard InChI is InChI=1S/C50H84N16O19/c1-28(69)56-33(12-14-37(72)54-22-31-24-65(63-61-31)18-20-82-49-41(57-29(2)70)45(78)43(76)35(26-67)84-49)47(80)52-16-8-4-6-10-39(74)59-34(48(81)53-17-9-5-7-11-40(75)60-51)13-15-38(73)55-23-32-25-66(64-62-32)19-21-83-50-42(58-30(3)71)46(79)44(77)36(27-68)85-50/h24-25,33-36,41-46,49-50,67-68,76-79H,4-23,26-27,51H2,1-3H3,(H,52,80)(H,53,81)(H,54,72)(H,55,73)(H,56,69)(H,57,70)(H,58,71)(H,59,74)(H,60,75)/t33?,34?,35-,36-,41-,42-,43-,44-,45-,46-,49-,50-/m1/s1. The van der Waals surface area contributed by atoms with E-state index in [1.807, 2.05) is 0 Å². The van der Waals surface area contributed by atoms with Crippen molar-refractivity contribution in [1.82, 2.24) is 77.9 Å². The van der Waals surface area contributed by atoms with Crippen molar-refractivity contribution in [3.8, 4) is 0 Å². The maximum Gasteiger partial charge on any atom is 0.242 e. The van der Waals surface area contributed by atoms with Gasteiger partial charge in [0.05, 0.1) is 65.0 Å². The minimum absolute atomic E-state index is 0.0159. The van der Waals surface area contributed by atoms with E-state index in [1.54, 1.807) is 0 Å². The van der Waals surface area contributed by atoms with Gasteiger partial charge in [-0.2, -0.15) is 0 Å². The molecule has 0 bridgehead atoms. The second-order valence-electron chi connectivity index (χ2n) is 20.3. The second kappa shape index (κ2) is 37.5. The third kappa shape index (κ3) is 25.3. The SMILES string of the molecule is CC(=O)NC(CCC(=O)NCc1cn(CCO[C@@H]2O[C@H](CO)[C@@H](O)[C@H](O)[C@H]2NC(C)=O)nn1)C(=O)NCCCCCC(=O)NC(CCC(=O)NCc1cn(CCO[C@@H]2O[C@H](CO)[C@@H](O)[C@H](O)[C@H]2NC(C)=O)nn1)C(=O)NCCCCCC(=O)NN. The molecule has 17 N–H and O–H groups in total. The number of hydrogen-bond acceptors (Lipinski definition) is 24. The minimum Gasteiger partial charge on any atom is -0.394 e. The Hall–Kier alpha value is -6.93. The first-order chi connectivity index (χ1) is 40.6. The molecule has 478 valence electrons. The van der Waals surface area contributed by atoms with Crippen molar-refractivity contribution in [3.05, 3.63) is 23.8 Å². The molecule has 2 saturated heterocycles. The van der Waals surface area contributed by atoms with Crippen molar-refractivity contribution in [2.45, 2.75) is 197 Å². The highest BCUT2D eigenvalue weighted by atomic mass is 16.7. The number of nitrogens with one attached hydrogen (secondary N) is 9. The smallest absolute Gasteiger partial charge is 0.242 e. The van der Waals surface area contributed by atoms with Crippen molar-refractivity contribution in [3.63, 3.8) is 0 Å². The number of aliphatic hydroxyl groups is 6. The van der Waals surface area contributed by atoms with E-state index in [-0.39, 0.29) is 96.9 Å². The Bertz CT molecular complexity index is 2450. The van der Waals surface area contributed by atoms with Crippen LogP contribution in [0.15, 0.2) is 12.4 Å². The van der Waals surface area contributed by atoms with Crippen LogP contribution in [-0.4, -0.2) is 227 Å². The molecular weight excluding hydrogens is 1130 g/mol. The summed E-state index contributed by atoms with van der Waals surface area (Å²) >= 11 is 0. The van der Waals surface area contributed by atoms with Crippen LogP contribution in [0.1, 0.15) is 109 Å². The molecule has 2 unspecified atom stereocenters. The van der Waals surface area contributed by atoms with Crippen molar-refractivity contribution in [1.29, 1.82) is 0 Å². The quantitative estimate of drug-likeness (QED) is 0.0129. The number of hydrogen-bond donors (Lipinski definition) is 16. The van der Waals surface area contributed by atoms with Crippen LogP contribution in [0.3, 0.4) is 0 Å². The van der Waals surface area contributed by atoms with E-state index in [2.05, 4.69) is 68.6 Å². The molecule has 0 aliphatic carbocycles. The summed E-state index contributed by atoms with van der Waals surface area (Å²) in [5.41, 5.74) is 2.81. The van der Waals surface area contributed by atoms with E-state index >= 15 is 0 Å². The van der Waals surface area contributed by atoms with Gasteiger partial charge in [0.2, 0.25) is 53.2 Å². The number of aliphatic hydroxyl groups excluding tert-OH is 6. The third-order valence-corrected chi connectivity index (χ3v) is 13.4. The summed E-state index contributed by atoms with van der Waals surface area (Å²) in [4.78, 5) is 112. The number of rotatable bonds is 38. The molecule has 2 aliphatic rings. The number of hydrazine groups is 1. The fourth-order valence-electron chi connectivity index (χ4n) is 8.88. The summed E-state index contributed by atoms with van der Waals surface area (Å²) in [6, 6.07) is -4.35. The highest BCUT2D eigenvalue weighted by molar-refractivity contribution is 5.89. The second-order valence-corrected chi connectivity index (χ2v) is 20.3. The minimum atomic E-state index is -1.48. The van der Waals surface area contributed by atoms with Gasteiger partial charge in [-0.1, -0.05) is 23.3 Å². The van der Waals surface area contributed by atoms with Crippen LogP contribution in [-0.2, 0) is 88.3 Å². The number of nitrogens with zero attached hydrogens (tertiary/aromatic N) is 6. The molecule has 2 aliphatic heterocycles. The summed E-state index contributed by atoms with van der Waals surface area (Å²) < 4.78 is 25.3. The molecule has 2 fully saturated rings. The molecule has 0 spiro atoms. The zero-order chi connectivity index (χ0) is 62.4. The van der Waals surface area contributed by atoms with Gasteiger partial charge < -0.3 is 92.1 Å². The average Bonchev–Trinajstić information content (AvgIpc) is 3.37. The number of nitrogens with two attached hydrogens (primary N) is 1. The lowest BCUT2D eigenvalue weighted by molar-refractivity contribution is -0.270. The monoisotopic (exact) mass is 1210 g/mol. The zero-order valence-corrected chi connectivity index (χ0v) is 47.9. The van der Waals surface area contributed by atoms with Gasteiger partial charge in [0.15, 0.2) is 12.6 Å². The van der Waals surface area contributed by atoms with Crippen LogP contribution in [0.2, 0.25) is 0 Å². The average molecular weight is 1210 g/mol. The molecule has 12 atom stereocenters. The van der Waals surface area contributed by atoms with E-state index in [1.165, 1.54) is 42.5 Å². The molecule has 35 heteroatoms. The van der Waals surface area contributed by atoms with E-state index in [0.29, 0.717) is 49.9 Å². The van der Waals surface area contributed by atoms with Crippen LogP contribution in [0.5, 0.6) is 0 Å². The molecule has 9 amide bonds. The first-order valence-electron chi connectivity index (χ1n) is 28.1. The fraction of sp³-hybridized carbons (Fsp3) is 0.740. The van der Waals surface area contributed by atoms with Gasteiger partial charge in [-0.3, -0.25) is 48.6 Å². The third-order valence-electron chi connectivity index (χ3n) is 13.4. The number of ether oxygens (including phenoxy) is 4. The summed E-state index contributed by atoms with van der Waals surface area (Å²) in [7, 11) is 0. The molecule has 0 radical (unpaired) electrons. The fourth-order valence-corrected chi connectivity index (χ4v) is 8.88. The summed E-state index contributed by atoms with van der Waals surface area (Å²) in [5.74, 6) is 0.929. The van der Waals surface area contributed by atoms with E-state index in [9.17, 15) is 73.8 Å². The lowest BCUT2D eigenvalue weighted by Crippen LogP contribution is -2.64.